The fourth-order valence-electron chi connectivity index (χ4n) is 1.51. The quantitative estimate of drug-likeness (QED) is 0.685. The monoisotopic (exact) mass is 253 g/mol. The van der Waals surface area contributed by atoms with Crippen molar-refractivity contribution in [2.45, 2.75) is 13.5 Å². The van der Waals surface area contributed by atoms with E-state index in [0.717, 1.165) is 5.69 Å². The number of rotatable bonds is 7. The van der Waals surface area contributed by atoms with Gasteiger partial charge in [-0.2, -0.15) is 0 Å². The highest BCUT2D eigenvalue weighted by Crippen LogP contribution is 2.28. The van der Waals surface area contributed by atoms with Crippen molar-refractivity contribution < 1.29 is 14.3 Å². The molecule has 0 unspecified atom stereocenters. The van der Waals surface area contributed by atoms with Crippen molar-refractivity contribution in [1.29, 1.82) is 0 Å². The van der Waals surface area contributed by atoms with Crippen LogP contribution in [-0.4, -0.2) is 38.2 Å². The Hall–Kier alpha value is -1.82. The summed E-state index contributed by atoms with van der Waals surface area (Å²) in [6, 6.07) is 1.75. The van der Waals surface area contributed by atoms with Crippen molar-refractivity contribution in [2.75, 3.05) is 27.3 Å². The highest BCUT2D eigenvalue weighted by atomic mass is 16.5. The number of methoxy groups -OCH3 is 2. The average Bonchev–Trinajstić information content (AvgIpc) is 2.37. The van der Waals surface area contributed by atoms with Crippen LogP contribution in [0.5, 0.6) is 11.5 Å². The Labute approximate surface area is 107 Å². The molecule has 0 saturated heterocycles. The Bertz CT molecular complexity index is 396. The minimum atomic E-state index is -0.0334. The first-order chi connectivity index (χ1) is 8.69. The van der Waals surface area contributed by atoms with Crippen molar-refractivity contribution in [3.8, 4) is 11.5 Å². The van der Waals surface area contributed by atoms with Gasteiger partial charge in [0.05, 0.1) is 19.9 Å². The molecular weight excluding hydrogens is 234 g/mol. The Morgan fingerprint density at radius 3 is 2.72 bits per heavy atom. The lowest BCUT2D eigenvalue weighted by Crippen LogP contribution is -2.30. The van der Waals surface area contributed by atoms with E-state index in [9.17, 15) is 4.79 Å². The maximum Gasteiger partial charge on any atom is 0.216 e. The van der Waals surface area contributed by atoms with Gasteiger partial charge < -0.3 is 20.1 Å². The topological polar surface area (TPSA) is 72.5 Å². The van der Waals surface area contributed by atoms with E-state index < -0.39 is 0 Å². The van der Waals surface area contributed by atoms with Gasteiger partial charge in [0.2, 0.25) is 5.91 Å². The Morgan fingerprint density at radius 2 is 2.11 bits per heavy atom. The van der Waals surface area contributed by atoms with Crippen LogP contribution in [0.3, 0.4) is 0 Å². The number of nitrogens with one attached hydrogen (secondary N) is 2. The molecule has 0 aromatic carbocycles. The lowest BCUT2D eigenvalue weighted by molar-refractivity contribution is -0.118. The predicted molar refractivity (Wildman–Crippen MR) is 67.7 cm³/mol. The molecule has 2 N–H and O–H groups in total. The van der Waals surface area contributed by atoms with Crippen LogP contribution in [0.15, 0.2) is 12.3 Å². The molecule has 0 aliphatic heterocycles. The first-order valence-electron chi connectivity index (χ1n) is 5.70. The molecule has 1 amide bonds. The number of aromatic nitrogens is 1. The van der Waals surface area contributed by atoms with Gasteiger partial charge in [0.25, 0.3) is 0 Å². The molecule has 0 fully saturated rings. The molecule has 18 heavy (non-hydrogen) atoms. The van der Waals surface area contributed by atoms with Gasteiger partial charge >= 0.3 is 0 Å². The molecule has 0 bridgehead atoms. The van der Waals surface area contributed by atoms with Gasteiger partial charge in [-0.25, -0.2) is 0 Å². The van der Waals surface area contributed by atoms with Gasteiger partial charge in [-0.3, -0.25) is 9.78 Å². The van der Waals surface area contributed by atoms with E-state index in [1.54, 1.807) is 26.5 Å². The van der Waals surface area contributed by atoms with Crippen LogP contribution in [-0.2, 0) is 11.3 Å². The third-order valence-electron chi connectivity index (χ3n) is 2.33. The molecular formula is C12H19N3O3. The molecule has 0 saturated carbocycles. The molecule has 1 aromatic heterocycles. The second-order valence-corrected chi connectivity index (χ2v) is 3.65. The summed E-state index contributed by atoms with van der Waals surface area (Å²) < 4.78 is 10.5. The molecule has 6 heteroatoms. The third-order valence-corrected chi connectivity index (χ3v) is 2.33. The summed E-state index contributed by atoms with van der Waals surface area (Å²) in [6.07, 6.45) is 1.67. The van der Waals surface area contributed by atoms with Crippen LogP contribution in [0, 0.1) is 0 Å². The van der Waals surface area contributed by atoms with Crippen molar-refractivity contribution in [3.05, 3.63) is 18.0 Å². The summed E-state index contributed by atoms with van der Waals surface area (Å²) >= 11 is 0. The molecule has 1 aromatic rings. The van der Waals surface area contributed by atoms with Crippen LogP contribution in [0.1, 0.15) is 12.6 Å². The lowest BCUT2D eigenvalue weighted by atomic mass is 10.3. The number of carbonyl (C=O) groups excluding carboxylic acids is 1. The molecule has 100 valence electrons. The SMILES string of the molecule is COc1ccnc(CNCCNC(C)=O)c1OC. The van der Waals surface area contributed by atoms with Crippen LogP contribution in [0.4, 0.5) is 0 Å². The van der Waals surface area contributed by atoms with Crippen LogP contribution >= 0.6 is 0 Å². The fraction of sp³-hybridized carbons (Fsp3) is 0.500. The molecule has 0 spiro atoms. The minimum Gasteiger partial charge on any atom is -0.493 e. The molecule has 1 rings (SSSR count). The summed E-state index contributed by atoms with van der Waals surface area (Å²) in [7, 11) is 3.17. The molecule has 6 nitrogen and oxygen atoms in total. The zero-order valence-electron chi connectivity index (χ0n) is 10.9. The average molecular weight is 253 g/mol. The first kappa shape index (κ1) is 14.2. The molecule has 0 aliphatic rings. The minimum absolute atomic E-state index is 0.0334. The van der Waals surface area contributed by atoms with Gasteiger partial charge in [0.1, 0.15) is 0 Å². The summed E-state index contributed by atoms with van der Waals surface area (Å²) in [6.45, 7) is 3.30. The Morgan fingerprint density at radius 1 is 1.33 bits per heavy atom. The van der Waals surface area contributed by atoms with E-state index in [0.29, 0.717) is 31.1 Å². The fourth-order valence-corrected chi connectivity index (χ4v) is 1.51. The molecule has 0 atom stereocenters. The largest absolute Gasteiger partial charge is 0.493 e. The number of hydrogen-bond acceptors (Lipinski definition) is 5. The van der Waals surface area contributed by atoms with E-state index in [2.05, 4.69) is 15.6 Å². The Balaban J connectivity index is 2.49. The predicted octanol–water partition coefficient (Wildman–Crippen LogP) is 0.324. The van der Waals surface area contributed by atoms with Gasteiger partial charge in [-0.05, 0) is 0 Å². The summed E-state index contributed by atoms with van der Waals surface area (Å²) in [5, 5.41) is 5.88. The second kappa shape index (κ2) is 7.50. The van der Waals surface area contributed by atoms with E-state index in [4.69, 9.17) is 9.47 Å². The van der Waals surface area contributed by atoms with Crippen LogP contribution in [0.25, 0.3) is 0 Å². The molecule has 0 aliphatic carbocycles. The zero-order chi connectivity index (χ0) is 13.4. The molecule has 0 radical (unpaired) electrons. The standard InChI is InChI=1S/C12H19N3O3/c1-9(16)14-7-6-13-8-10-12(18-3)11(17-2)4-5-15-10/h4-5,13H,6-8H2,1-3H3,(H,14,16). The number of pyridine rings is 1. The summed E-state index contributed by atoms with van der Waals surface area (Å²) in [4.78, 5) is 14.9. The highest BCUT2D eigenvalue weighted by molar-refractivity contribution is 5.72. The zero-order valence-corrected chi connectivity index (χ0v) is 10.9. The number of ether oxygens (including phenoxy) is 2. The maximum atomic E-state index is 10.7. The van der Waals surface area contributed by atoms with Crippen LogP contribution in [0.2, 0.25) is 0 Å². The highest BCUT2D eigenvalue weighted by Gasteiger charge is 2.10. The van der Waals surface area contributed by atoms with Crippen molar-refractivity contribution >= 4 is 5.91 Å². The summed E-state index contributed by atoms with van der Waals surface area (Å²) in [5.74, 6) is 1.26. The molecule has 1 heterocycles. The van der Waals surface area contributed by atoms with Crippen molar-refractivity contribution in [2.24, 2.45) is 0 Å². The van der Waals surface area contributed by atoms with E-state index in [-0.39, 0.29) is 5.91 Å². The normalized spacial score (nSPS) is 9.94. The smallest absolute Gasteiger partial charge is 0.216 e. The number of carbonyl (C=O) groups is 1. The van der Waals surface area contributed by atoms with Gasteiger partial charge in [-0.1, -0.05) is 0 Å². The number of amides is 1. The first-order valence-corrected chi connectivity index (χ1v) is 5.70. The lowest BCUT2D eigenvalue weighted by Gasteiger charge is -2.12. The summed E-state index contributed by atoms with van der Waals surface area (Å²) in [5.41, 5.74) is 0.777. The van der Waals surface area contributed by atoms with Crippen molar-refractivity contribution in [1.82, 2.24) is 15.6 Å². The van der Waals surface area contributed by atoms with E-state index in [1.807, 2.05) is 0 Å². The van der Waals surface area contributed by atoms with Gasteiger partial charge in [-0.15, -0.1) is 0 Å². The van der Waals surface area contributed by atoms with E-state index >= 15 is 0 Å². The van der Waals surface area contributed by atoms with E-state index in [1.165, 1.54) is 6.92 Å². The maximum absolute atomic E-state index is 10.7. The number of hydrogen-bond donors (Lipinski definition) is 2. The van der Waals surface area contributed by atoms with Crippen molar-refractivity contribution in [3.63, 3.8) is 0 Å². The third kappa shape index (κ3) is 4.21. The van der Waals surface area contributed by atoms with Gasteiger partial charge in [0, 0.05) is 38.8 Å². The Kier molecular flexibility index (Phi) is 5.93. The van der Waals surface area contributed by atoms with Crippen LogP contribution < -0.4 is 20.1 Å². The number of nitrogens with zero attached hydrogens (tertiary/aromatic N) is 1. The second-order valence-electron chi connectivity index (χ2n) is 3.65. The van der Waals surface area contributed by atoms with Gasteiger partial charge in [0.15, 0.2) is 11.5 Å².